The number of nitrogens with zero attached hydrogens (tertiary/aromatic N) is 2. The number of fused-ring (bicyclic) bond motifs is 2. The number of amides is 1. The zero-order valence-corrected chi connectivity index (χ0v) is 19.6. The number of carbonyl (C=O) groups excluding carboxylic acids is 1. The van der Waals surface area contributed by atoms with E-state index in [4.69, 9.17) is 14.2 Å². The first-order valence-corrected chi connectivity index (χ1v) is 11.4. The van der Waals surface area contributed by atoms with Crippen LogP contribution in [-0.2, 0) is 24.1 Å². The average Bonchev–Trinajstić information content (AvgIpc) is 2.94. The minimum absolute atomic E-state index is 0.195. The predicted molar refractivity (Wildman–Crippen MR) is 125 cm³/mol. The van der Waals surface area contributed by atoms with Gasteiger partial charge in [0.2, 0.25) is 5.91 Å². The van der Waals surface area contributed by atoms with Crippen LogP contribution in [0.4, 0.5) is 0 Å². The summed E-state index contributed by atoms with van der Waals surface area (Å²) in [4.78, 5) is 17.3. The lowest BCUT2D eigenvalue weighted by atomic mass is 9.77. The number of rotatable bonds is 9. The molecule has 0 spiro atoms. The molecule has 0 fully saturated rings. The maximum absolute atomic E-state index is 12.9. The van der Waals surface area contributed by atoms with Crippen LogP contribution >= 0.6 is 0 Å². The molecule has 0 saturated heterocycles. The van der Waals surface area contributed by atoms with E-state index in [1.807, 2.05) is 17.0 Å². The molecular formula is C26H34N2O4. The summed E-state index contributed by atoms with van der Waals surface area (Å²) in [6.07, 6.45) is 3.37. The van der Waals surface area contributed by atoms with Crippen molar-refractivity contribution in [2.75, 3.05) is 54.6 Å². The van der Waals surface area contributed by atoms with Gasteiger partial charge in [-0.1, -0.05) is 6.07 Å². The van der Waals surface area contributed by atoms with Crippen LogP contribution in [-0.4, -0.2) is 70.3 Å². The first-order valence-electron chi connectivity index (χ1n) is 11.4. The van der Waals surface area contributed by atoms with Crippen molar-refractivity contribution in [3.05, 3.63) is 52.6 Å². The molecule has 0 aromatic heterocycles. The van der Waals surface area contributed by atoms with E-state index >= 15 is 0 Å². The van der Waals surface area contributed by atoms with E-state index in [0.29, 0.717) is 18.1 Å². The van der Waals surface area contributed by atoms with Gasteiger partial charge < -0.3 is 24.0 Å². The molecule has 1 aliphatic heterocycles. The Morgan fingerprint density at radius 3 is 2.44 bits per heavy atom. The number of hydrogen-bond acceptors (Lipinski definition) is 5. The molecule has 0 N–H and O–H groups in total. The molecule has 2 aromatic rings. The van der Waals surface area contributed by atoms with Crippen molar-refractivity contribution >= 4 is 5.91 Å². The molecule has 0 saturated carbocycles. The van der Waals surface area contributed by atoms with Gasteiger partial charge in [-0.3, -0.25) is 4.79 Å². The largest absolute Gasteiger partial charge is 0.497 e. The molecule has 6 nitrogen and oxygen atoms in total. The fraction of sp³-hybridized carbons (Fsp3) is 0.500. The SMILES string of the molecule is COc1ccc2c(c1)CC2CN(C)CCCN1CCc2cc(OC)c(OC)cc2CC1=O. The lowest BCUT2D eigenvalue weighted by molar-refractivity contribution is -0.130. The molecule has 1 amide bonds. The maximum Gasteiger partial charge on any atom is 0.227 e. The van der Waals surface area contributed by atoms with Crippen LogP contribution < -0.4 is 14.2 Å². The highest BCUT2D eigenvalue weighted by Crippen LogP contribution is 2.37. The van der Waals surface area contributed by atoms with Gasteiger partial charge >= 0.3 is 0 Å². The Hall–Kier alpha value is -2.73. The molecule has 4 rings (SSSR count). The van der Waals surface area contributed by atoms with Crippen LogP contribution in [0.15, 0.2) is 30.3 Å². The Kier molecular flexibility index (Phi) is 6.89. The number of methoxy groups -OCH3 is 3. The number of benzene rings is 2. The van der Waals surface area contributed by atoms with Crippen molar-refractivity contribution in [2.45, 2.75) is 31.6 Å². The molecule has 6 heteroatoms. The second kappa shape index (κ2) is 9.82. The first kappa shape index (κ1) is 22.5. The van der Waals surface area contributed by atoms with Gasteiger partial charge in [0.05, 0.1) is 27.8 Å². The first-order chi connectivity index (χ1) is 15.5. The van der Waals surface area contributed by atoms with Crippen LogP contribution in [0.2, 0.25) is 0 Å². The predicted octanol–water partition coefficient (Wildman–Crippen LogP) is 3.30. The summed E-state index contributed by atoms with van der Waals surface area (Å²) in [7, 11) is 7.17. The lowest BCUT2D eigenvalue weighted by Crippen LogP contribution is -2.36. The van der Waals surface area contributed by atoms with E-state index in [0.717, 1.165) is 62.5 Å². The lowest BCUT2D eigenvalue weighted by Gasteiger charge is -2.34. The summed E-state index contributed by atoms with van der Waals surface area (Å²) in [6, 6.07) is 10.4. The van der Waals surface area contributed by atoms with Gasteiger partial charge in [0, 0.05) is 25.6 Å². The molecule has 0 radical (unpaired) electrons. The zero-order valence-electron chi connectivity index (χ0n) is 19.6. The minimum atomic E-state index is 0.195. The van der Waals surface area contributed by atoms with Gasteiger partial charge in [-0.25, -0.2) is 0 Å². The Balaban J connectivity index is 1.26. The van der Waals surface area contributed by atoms with Crippen LogP contribution in [0, 0.1) is 0 Å². The van der Waals surface area contributed by atoms with Gasteiger partial charge in [-0.15, -0.1) is 0 Å². The number of carbonyl (C=O) groups is 1. The molecule has 2 aliphatic rings. The highest BCUT2D eigenvalue weighted by atomic mass is 16.5. The molecular weight excluding hydrogens is 404 g/mol. The third-order valence-electron chi connectivity index (χ3n) is 6.81. The second-order valence-electron chi connectivity index (χ2n) is 8.87. The monoisotopic (exact) mass is 438 g/mol. The highest BCUT2D eigenvalue weighted by Gasteiger charge is 2.27. The number of ether oxygens (including phenoxy) is 3. The Morgan fingerprint density at radius 1 is 1.00 bits per heavy atom. The van der Waals surface area contributed by atoms with Crippen molar-refractivity contribution in [1.29, 1.82) is 0 Å². The van der Waals surface area contributed by atoms with Gasteiger partial charge in [0.1, 0.15) is 5.75 Å². The zero-order chi connectivity index (χ0) is 22.7. The normalized spacial score (nSPS) is 17.3. The van der Waals surface area contributed by atoms with Crippen molar-refractivity contribution in [3.8, 4) is 17.2 Å². The Labute approximate surface area is 191 Å². The quantitative estimate of drug-likeness (QED) is 0.601. The standard InChI is InChI=1S/C26H34N2O4/c1-27(17-21-12-20-13-22(30-2)6-7-23(20)21)9-5-10-28-11-8-18-14-24(31-3)25(32-4)15-19(18)16-26(28)29/h6-7,13-15,21H,5,8-12,16-17H2,1-4H3. The second-order valence-corrected chi connectivity index (χ2v) is 8.87. The third kappa shape index (κ3) is 4.70. The molecule has 2 aromatic carbocycles. The van der Waals surface area contributed by atoms with E-state index in [1.54, 1.807) is 21.3 Å². The fourth-order valence-electron chi connectivity index (χ4n) is 4.94. The summed E-state index contributed by atoms with van der Waals surface area (Å²) < 4.78 is 16.2. The van der Waals surface area contributed by atoms with Gasteiger partial charge in [-0.2, -0.15) is 0 Å². The molecule has 0 bridgehead atoms. The summed E-state index contributed by atoms with van der Waals surface area (Å²) in [5.41, 5.74) is 5.08. The maximum atomic E-state index is 12.9. The van der Waals surface area contributed by atoms with E-state index < -0.39 is 0 Å². The molecule has 172 valence electrons. The van der Waals surface area contributed by atoms with Gasteiger partial charge in [0.25, 0.3) is 0 Å². The summed E-state index contributed by atoms with van der Waals surface area (Å²) >= 11 is 0. The van der Waals surface area contributed by atoms with Crippen LogP contribution in [0.1, 0.15) is 34.6 Å². The molecule has 1 heterocycles. The van der Waals surface area contributed by atoms with Crippen molar-refractivity contribution in [2.24, 2.45) is 0 Å². The van der Waals surface area contributed by atoms with Crippen molar-refractivity contribution in [3.63, 3.8) is 0 Å². The molecule has 32 heavy (non-hydrogen) atoms. The molecule has 1 atom stereocenters. The fourth-order valence-corrected chi connectivity index (χ4v) is 4.94. The van der Waals surface area contributed by atoms with Crippen LogP contribution in [0.5, 0.6) is 17.2 Å². The van der Waals surface area contributed by atoms with Gasteiger partial charge in [-0.05, 0) is 79.4 Å². The van der Waals surface area contributed by atoms with E-state index in [2.05, 4.69) is 30.1 Å². The number of likely N-dealkylation sites (N-methyl/N-ethyl adjacent to an activating group) is 1. The smallest absolute Gasteiger partial charge is 0.227 e. The van der Waals surface area contributed by atoms with Crippen molar-refractivity contribution < 1.29 is 19.0 Å². The Morgan fingerprint density at radius 2 is 1.75 bits per heavy atom. The van der Waals surface area contributed by atoms with Gasteiger partial charge in [0.15, 0.2) is 11.5 Å². The summed E-state index contributed by atoms with van der Waals surface area (Å²) in [5.74, 6) is 3.15. The number of hydrogen-bond donors (Lipinski definition) is 0. The van der Waals surface area contributed by atoms with E-state index in [-0.39, 0.29) is 5.91 Å². The van der Waals surface area contributed by atoms with Crippen molar-refractivity contribution in [1.82, 2.24) is 9.80 Å². The van der Waals surface area contributed by atoms with E-state index in [1.165, 1.54) is 16.7 Å². The highest BCUT2D eigenvalue weighted by molar-refractivity contribution is 5.80. The van der Waals surface area contributed by atoms with Crippen LogP contribution in [0.25, 0.3) is 0 Å². The molecule has 1 aliphatic carbocycles. The summed E-state index contributed by atoms with van der Waals surface area (Å²) in [6.45, 7) is 3.59. The van der Waals surface area contributed by atoms with Crippen LogP contribution in [0.3, 0.4) is 0 Å². The Bertz CT molecular complexity index is 975. The topological polar surface area (TPSA) is 51.2 Å². The summed E-state index contributed by atoms with van der Waals surface area (Å²) in [5, 5.41) is 0. The average molecular weight is 439 g/mol. The third-order valence-corrected chi connectivity index (χ3v) is 6.81. The minimum Gasteiger partial charge on any atom is -0.497 e. The van der Waals surface area contributed by atoms with E-state index in [9.17, 15) is 4.79 Å². The molecule has 1 unspecified atom stereocenters.